The van der Waals surface area contributed by atoms with Gasteiger partial charge in [0.15, 0.2) is 0 Å². The van der Waals surface area contributed by atoms with Crippen LogP contribution < -0.4 is 0 Å². The molecule has 0 saturated heterocycles. The molecule has 0 N–H and O–H groups in total. The van der Waals surface area contributed by atoms with Gasteiger partial charge in [-0.25, -0.2) is 0 Å². The van der Waals surface area contributed by atoms with E-state index < -0.39 is 0 Å². The molecule has 0 radical (unpaired) electrons. The Morgan fingerprint density at radius 3 is 2.33 bits per heavy atom. The van der Waals surface area contributed by atoms with Crippen molar-refractivity contribution in [1.82, 2.24) is 0 Å². The first-order valence-corrected chi connectivity index (χ1v) is 5.56. The molecule has 0 spiro atoms. The van der Waals surface area contributed by atoms with Crippen molar-refractivity contribution in [3.8, 4) is 0 Å². The second-order valence-electron chi connectivity index (χ2n) is 4.58. The minimum atomic E-state index is 0.881. The van der Waals surface area contributed by atoms with Crippen LogP contribution in [0.1, 0.15) is 51.9 Å². The number of allylic oxidation sites excluding steroid dienone is 2. The lowest BCUT2D eigenvalue weighted by molar-refractivity contribution is 0.254. The lowest BCUT2D eigenvalue weighted by Gasteiger charge is -2.30. The highest BCUT2D eigenvalue weighted by atomic mass is 14.3. The van der Waals surface area contributed by atoms with E-state index >= 15 is 0 Å². The second-order valence-corrected chi connectivity index (χ2v) is 4.58. The standard InChI is InChI=1S/C12H20/c1-10(12-7-4-8-12)9-11-5-2-3-6-11/h9-10,12H,2-8H2,1H3. The molecule has 0 heteroatoms. The van der Waals surface area contributed by atoms with E-state index in [1.165, 1.54) is 44.9 Å². The van der Waals surface area contributed by atoms with Crippen molar-refractivity contribution in [2.24, 2.45) is 11.8 Å². The summed E-state index contributed by atoms with van der Waals surface area (Å²) < 4.78 is 0. The van der Waals surface area contributed by atoms with Gasteiger partial charge in [-0.3, -0.25) is 0 Å². The summed E-state index contributed by atoms with van der Waals surface area (Å²) in [6, 6.07) is 0. The van der Waals surface area contributed by atoms with Gasteiger partial charge in [0.2, 0.25) is 0 Å². The predicted octanol–water partition coefficient (Wildman–Crippen LogP) is 3.92. The Hall–Kier alpha value is -0.260. The summed E-state index contributed by atoms with van der Waals surface area (Å²) in [6.45, 7) is 2.41. The summed E-state index contributed by atoms with van der Waals surface area (Å²) in [5.74, 6) is 1.92. The Balaban J connectivity index is 1.86. The van der Waals surface area contributed by atoms with Gasteiger partial charge in [-0.2, -0.15) is 0 Å². The summed E-state index contributed by atoms with van der Waals surface area (Å²) in [7, 11) is 0. The van der Waals surface area contributed by atoms with E-state index in [0.717, 1.165) is 11.8 Å². The fourth-order valence-electron chi connectivity index (χ4n) is 2.47. The highest BCUT2D eigenvalue weighted by Crippen LogP contribution is 2.36. The molecule has 1 unspecified atom stereocenters. The topological polar surface area (TPSA) is 0 Å². The van der Waals surface area contributed by atoms with Crippen LogP contribution in [0.5, 0.6) is 0 Å². The average Bonchev–Trinajstić information content (AvgIpc) is 2.34. The van der Waals surface area contributed by atoms with E-state index in [9.17, 15) is 0 Å². The van der Waals surface area contributed by atoms with Gasteiger partial charge in [-0.05, 0) is 50.4 Å². The van der Waals surface area contributed by atoms with Crippen LogP contribution in [0.15, 0.2) is 11.6 Å². The number of rotatable bonds is 2. The van der Waals surface area contributed by atoms with Crippen molar-refractivity contribution in [1.29, 1.82) is 0 Å². The first-order chi connectivity index (χ1) is 5.86. The molecule has 0 bridgehead atoms. The van der Waals surface area contributed by atoms with Crippen molar-refractivity contribution >= 4 is 0 Å². The van der Waals surface area contributed by atoms with Crippen molar-refractivity contribution in [3.63, 3.8) is 0 Å². The molecule has 0 aromatic carbocycles. The van der Waals surface area contributed by atoms with Gasteiger partial charge in [0.25, 0.3) is 0 Å². The maximum absolute atomic E-state index is 2.58. The minimum absolute atomic E-state index is 0.881. The molecule has 2 fully saturated rings. The summed E-state index contributed by atoms with van der Waals surface area (Å²) in [5, 5.41) is 0. The van der Waals surface area contributed by atoms with Crippen molar-refractivity contribution in [2.45, 2.75) is 51.9 Å². The number of hydrogen-bond acceptors (Lipinski definition) is 0. The smallest absolute Gasteiger partial charge is 0.0231 e. The zero-order valence-electron chi connectivity index (χ0n) is 8.18. The lowest BCUT2D eigenvalue weighted by Crippen LogP contribution is -2.18. The molecule has 2 saturated carbocycles. The molecule has 2 aliphatic rings. The quantitative estimate of drug-likeness (QED) is 0.543. The van der Waals surface area contributed by atoms with Crippen molar-refractivity contribution in [2.75, 3.05) is 0 Å². The molecular formula is C12H20. The molecule has 2 rings (SSSR count). The van der Waals surface area contributed by atoms with Crippen molar-refractivity contribution in [3.05, 3.63) is 11.6 Å². The Kier molecular flexibility index (Phi) is 2.53. The monoisotopic (exact) mass is 164 g/mol. The first kappa shape index (κ1) is 8.34. The maximum Gasteiger partial charge on any atom is -0.0231 e. The van der Waals surface area contributed by atoms with Crippen LogP contribution in [0.25, 0.3) is 0 Å². The third-order valence-electron chi connectivity index (χ3n) is 3.64. The van der Waals surface area contributed by atoms with Crippen LogP contribution in [0.4, 0.5) is 0 Å². The second kappa shape index (κ2) is 3.64. The zero-order valence-corrected chi connectivity index (χ0v) is 8.18. The SMILES string of the molecule is CC(C=C1CCCC1)C1CCC1. The summed E-state index contributed by atoms with van der Waals surface area (Å²) in [4.78, 5) is 0. The van der Waals surface area contributed by atoms with Crippen molar-refractivity contribution < 1.29 is 0 Å². The molecule has 2 aliphatic carbocycles. The van der Waals surface area contributed by atoms with Crippen LogP contribution in [-0.2, 0) is 0 Å². The van der Waals surface area contributed by atoms with E-state index in [0.29, 0.717) is 0 Å². The normalized spacial score (nSPS) is 26.9. The molecule has 12 heavy (non-hydrogen) atoms. The molecular weight excluding hydrogens is 144 g/mol. The van der Waals surface area contributed by atoms with Crippen LogP contribution >= 0.6 is 0 Å². The van der Waals surface area contributed by atoms with E-state index in [4.69, 9.17) is 0 Å². The Morgan fingerprint density at radius 1 is 1.17 bits per heavy atom. The van der Waals surface area contributed by atoms with Crippen LogP contribution in [0, 0.1) is 11.8 Å². The van der Waals surface area contributed by atoms with Gasteiger partial charge >= 0.3 is 0 Å². The van der Waals surface area contributed by atoms with Gasteiger partial charge in [0, 0.05) is 0 Å². The largest absolute Gasteiger partial charge is 0.0822 e. The molecule has 0 amide bonds. The Bertz CT molecular complexity index is 166. The molecule has 0 nitrogen and oxygen atoms in total. The van der Waals surface area contributed by atoms with E-state index in [2.05, 4.69) is 13.0 Å². The third kappa shape index (κ3) is 1.73. The molecule has 1 atom stereocenters. The van der Waals surface area contributed by atoms with Crippen LogP contribution in [0.2, 0.25) is 0 Å². The van der Waals surface area contributed by atoms with Gasteiger partial charge in [-0.1, -0.05) is 25.0 Å². The summed E-state index contributed by atoms with van der Waals surface area (Å²) in [5.41, 5.74) is 1.76. The summed E-state index contributed by atoms with van der Waals surface area (Å²) >= 11 is 0. The molecule has 0 aromatic heterocycles. The molecule has 0 heterocycles. The van der Waals surface area contributed by atoms with Gasteiger partial charge in [-0.15, -0.1) is 0 Å². The molecule has 68 valence electrons. The minimum Gasteiger partial charge on any atom is -0.0822 e. The number of hydrogen-bond donors (Lipinski definition) is 0. The fraction of sp³-hybridized carbons (Fsp3) is 0.833. The average molecular weight is 164 g/mol. The van der Waals surface area contributed by atoms with E-state index in [1.54, 1.807) is 5.57 Å². The van der Waals surface area contributed by atoms with Gasteiger partial charge in [0.05, 0.1) is 0 Å². The molecule has 0 aromatic rings. The highest BCUT2D eigenvalue weighted by molar-refractivity contribution is 5.08. The fourth-order valence-corrected chi connectivity index (χ4v) is 2.47. The summed E-state index contributed by atoms with van der Waals surface area (Å²) in [6.07, 6.45) is 12.7. The Labute approximate surface area is 76.1 Å². The van der Waals surface area contributed by atoms with E-state index in [-0.39, 0.29) is 0 Å². The predicted molar refractivity (Wildman–Crippen MR) is 53.1 cm³/mol. The van der Waals surface area contributed by atoms with Crippen LogP contribution in [0.3, 0.4) is 0 Å². The van der Waals surface area contributed by atoms with E-state index in [1.807, 2.05) is 0 Å². The highest BCUT2D eigenvalue weighted by Gasteiger charge is 2.22. The van der Waals surface area contributed by atoms with Crippen LogP contribution in [-0.4, -0.2) is 0 Å². The van der Waals surface area contributed by atoms with Gasteiger partial charge < -0.3 is 0 Å². The first-order valence-electron chi connectivity index (χ1n) is 5.56. The third-order valence-corrected chi connectivity index (χ3v) is 3.64. The lowest BCUT2D eigenvalue weighted by atomic mass is 9.76. The molecule has 0 aliphatic heterocycles. The van der Waals surface area contributed by atoms with Gasteiger partial charge in [0.1, 0.15) is 0 Å². The maximum atomic E-state index is 2.58. The Morgan fingerprint density at radius 2 is 1.83 bits per heavy atom. The zero-order chi connectivity index (χ0) is 8.39.